The van der Waals surface area contributed by atoms with Crippen LogP contribution >= 0.6 is 15.9 Å². The summed E-state index contributed by atoms with van der Waals surface area (Å²) in [5, 5.41) is 0. The predicted molar refractivity (Wildman–Crippen MR) is 64.8 cm³/mol. The fourth-order valence-electron chi connectivity index (χ4n) is 1.29. The molecule has 0 aromatic heterocycles. The molecule has 0 bridgehead atoms. The molecule has 0 saturated heterocycles. The lowest BCUT2D eigenvalue weighted by atomic mass is 10.2. The van der Waals surface area contributed by atoms with Gasteiger partial charge in [0.25, 0.3) is 0 Å². The quantitative estimate of drug-likeness (QED) is 0.792. The molecule has 1 aromatic carbocycles. The van der Waals surface area contributed by atoms with Crippen molar-refractivity contribution >= 4 is 15.9 Å². The third-order valence-electron chi connectivity index (χ3n) is 2.04. The molecule has 0 spiro atoms. The topological polar surface area (TPSA) is 18.5 Å². The van der Waals surface area contributed by atoms with Crippen LogP contribution in [0.3, 0.4) is 0 Å². The molecule has 0 aliphatic heterocycles. The zero-order valence-electron chi connectivity index (χ0n) is 9.20. The molecule has 0 saturated carbocycles. The second kappa shape index (κ2) is 6.99. The van der Waals surface area contributed by atoms with Crippen molar-refractivity contribution < 1.29 is 9.47 Å². The second-order valence-electron chi connectivity index (χ2n) is 3.70. The van der Waals surface area contributed by atoms with Gasteiger partial charge in [-0.3, -0.25) is 0 Å². The summed E-state index contributed by atoms with van der Waals surface area (Å²) in [7, 11) is 1.71. The molecule has 0 amide bonds. The molecule has 3 heteroatoms. The lowest BCUT2D eigenvalue weighted by Crippen LogP contribution is -2.11. The summed E-state index contributed by atoms with van der Waals surface area (Å²) in [5.74, 6) is 0.449. The van der Waals surface area contributed by atoms with Crippen LogP contribution in [0.2, 0.25) is 0 Å². The van der Waals surface area contributed by atoms with E-state index in [9.17, 15) is 0 Å². The van der Waals surface area contributed by atoms with Crippen molar-refractivity contribution in [2.24, 2.45) is 5.92 Å². The largest absolute Gasteiger partial charge is 0.384 e. The number of ether oxygens (including phenoxy) is 2. The zero-order valence-corrected chi connectivity index (χ0v) is 10.8. The van der Waals surface area contributed by atoms with Gasteiger partial charge in [0, 0.05) is 17.5 Å². The monoisotopic (exact) mass is 272 g/mol. The number of hydrogen-bond donors (Lipinski definition) is 0. The molecule has 0 aliphatic carbocycles. The van der Waals surface area contributed by atoms with Gasteiger partial charge in [-0.25, -0.2) is 0 Å². The third-order valence-corrected chi connectivity index (χ3v) is 2.56. The number of benzene rings is 1. The fraction of sp³-hybridized carbons (Fsp3) is 0.500. The van der Waals surface area contributed by atoms with Crippen molar-refractivity contribution in [2.45, 2.75) is 13.5 Å². The fourth-order valence-corrected chi connectivity index (χ4v) is 1.56. The summed E-state index contributed by atoms with van der Waals surface area (Å²) >= 11 is 3.40. The van der Waals surface area contributed by atoms with Crippen LogP contribution in [0.15, 0.2) is 28.7 Å². The minimum atomic E-state index is 0.449. The molecular formula is C12H17BrO2. The molecule has 1 unspecified atom stereocenters. The lowest BCUT2D eigenvalue weighted by molar-refractivity contribution is 0.0561. The molecular weight excluding hydrogens is 256 g/mol. The van der Waals surface area contributed by atoms with Gasteiger partial charge < -0.3 is 9.47 Å². The first-order valence-electron chi connectivity index (χ1n) is 5.03. The molecule has 0 radical (unpaired) electrons. The first-order chi connectivity index (χ1) is 7.22. The molecule has 1 atom stereocenters. The average Bonchev–Trinajstić information content (AvgIpc) is 2.21. The average molecular weight is 273 g/mol. The van der Waals surface area contributed by atoms with Gasteiger partial charge in [0.15, 0.2) is 0 Å². The van der Waals surface area contributed by atoms with E-state index in [2.05, 4.69) is 35.0 Å². The van der Waals surface area contributed by atoms with Crippen molar-refractivity contribution in [3.8, 4) is 0 Å². The van der Waals surface area contributed by atoms with Gasteiger partial charge in [-0.05, 0) is 17.7 Å². The van der Waals surface area contributed by atoms with Crippen molar-refractivity contribution in [1.29, 1.82) is 0 Å². The van der Waals surface area contributed by atoms with Crippen LogP contribution in [0.4, 0.5) is 0 Å². The molecule has 0 N–H and O–H groups in total. The number of hydrogen-bond acceptors (Lipinski definition) is 2. The van der Waals surface area contributed by atoms with Crippen LogP contribution < -0.4 is 0 Å². The van der Waals surface area contributed by atoms with Crippen molar-refractivity contribution in [3.63, 3.8) is 0 Å². The van der Waals surface area contributed by atoms with E-state index in [1.807, 2.05) is 12.1 Å². The highest BCUT2D eigenvalue weighted by Gasteiger charge is 2.01. The molecule has 0 heterocycles. The van der Waals surface area contributed by atoms with Gasteiger partial charge in [0.05, 0.1) is 19.8 Å². The molecule has 2 nitrogen and oxygen atoms in total. The Balaban J connectivity index is 2.22. The van der Waals surface area contributed by atoms with E-state index in [4.69, 9.17) is 9.47 Å². The van der Waals surface area contributed by atoms with Gasteiger partial charge in [0.1, 0.15) is 0 Å². The van der Waals surface area contributed by atoms with Gasteiger partial charge in [-0.15, -0.1) is 0 Å². The molecule has 15 heavy (non-hydrogen) atoms. The Morgan fingerprint density at radius 1 is 1.20 bits per heavy atom. The smallest absolute Gasteiger partial charge is 0.0717 e. The number of halogens is 1. The Labute approximate surface area is 99.7 Å². The Hall–Kier alpha value is -0.380. The van der Waals surface area contributed by atoms with Crippen LogP contribution in [0, 0.1) is 5.92 Å². The normalized spacial score (nSPS) is 12.7. The highest BCUT2D eigenvalue weighted by atomic mass is 79.9. The van der Waals surface area contributed by atoms with Gasteiger partial charge in [-0.2, -0.15) is 0 Å². The summed E-state index contributed by atoms with van der Waals surface area (Å²) in [6, 6.07) is 8.17. The first-order valence-corrected chi connectivity index (χ1v) is 5.83. The van der Waals surface area contributed by atoms with Crippen LogP contribution in [0.5, 0.6) is 0 Å². The standard InChI is InChI=1S/C12H17BrO2/c1-10(7-14-2)8-15-9-11-3-5-12(13)6-4-11/h3-6,10H,7-9H2,1-2H3. The van der Waals surface area contributed by atoms with Crippen LogP contribution in [-0.4, -0.2) is 20.3 Å². The van der Waals surface area contributed by atoms with E-state index in [0.29, 0.717) is 12.5 Å². The van der Waals surface area contributed by atoms with E-state index in [1.165, 1.54) is 5.56 Å². The summed E-state index contributed by atoms with van der Waals surface area (Å²) in [6.45, 7) is 4.27. The Kier molecular flexibility index (Phi) is 5.91. The van der Waals surface area contributed by atoms with E-state index in [-0.39, 0.29) is 0 Å². The maximum absolute atomic E-state index is 5.58. The van der Waals surface area contributed by atoms with Crippen molar-refractivity contribution in [1.82, 2.24) is 0 Å². The summed E-state index contributed by atoms with van der Waals surface area (Å²) in [4.78, 5) is 0. The predicted octanol–water partition coefficient (Wildman–Crippen LogP) is 3.25. The van der Waals surface area contributed by atoms with Crippen LogP contribution in [-0.2, 0) is 16.1 Å². The van der Waals surface area contributed by atoms with Crippen molar-refractivity contribution in [2.75, 3.05) is 20.3 Å². The van der Waals surface area contributed by atoms with Gasteiger partial charge >= 0.3 is 0 Å². The zero-order chi connectivity index (χ0) is 11.1. The highest BCUT2D eigenvalue weighted by Crippen LogP contribution is 2.11. The van der Waals surface area contributed by atoms with Crippen LogP contribution in [0.25, 0.3) is 0 Å². The Bertz CT molecular complexity index is 271. The first kappa shape index (κ1) is 12.7. The van der Waals surface area contributed by atoms with Gasteiger partial charge in [0.2, 0.25) is 0 Å². The van der Waals surface area contributed by atoms with E-state index >= 15 is 0 Å². The van der Waals surface area contributed by atoms with Gasteiger partial charge in [-0.1, -0.05) is 35.0 Å². The third kappa shape index (κ3) is 5.30. The van der Waals surface area contributed by atoms with Crippen LogP contribution in [0.1, 0.15) is 12.5 Å². The molecule has 84 valence electrons. The van der Waals surface area contributed by atoms with Crippen molar-refractivity contribution in [3.05, 3.63) is 34.3 Å². The van der Waals surface area contributed by atoms with E-state index in [0.717, 1.165) is 17.7 Å². The maximum atomic E-state index is 5.58. The summed E-state index contributed by atoms with van der Waals surface area (Å²) in [6.07, 6.45) is 0. The Morgan fingerprint density at radius 3 is 2.47 bits per heavy atom. The summed E-state index contributed by atoms with van der Waals surface area (Å²) in [5.41, 5.74) is 1.20. The lowest BCUT2D eigenvalue weighted by Gasteiger charge is -2.10. The minimum Gasteiger partial charge on any atom is -0.384 e. The molecule has 0 aliphatic rings. The minimum absolute atomic E-state index is 0.449. The SMILES string of the molecule is COCC(C)COCc1ccc(Br)cc1. The molecule has 1 rings (SSSR count). The second-order valence-corrected chi connectivity index (χ2v) is 4.62. The molecule has 0 fully saturated rings. The maximum Gasteiger partial charge on any atom is 0.0717 e. The highest BCUT2D eigenvalue weighted by molar-refractivity contribution is 9.10. The van der Waals surface area contributed by atoms with E-state index in [1.54, 1.807) is 7.11 Å². The molecule has 1 aromatic rings. The number of methoxy groups -OCH3 is 1. The summed E-state index contributed by atoms with van der Waals surface area (Å²) < 4.78 is 11.7. The Morgan fingerprint density at radius 2 is 1.87 bits per heavy atom. The van der Waals surface area contributed by atoms with E-state index < -0.39 is 0 Å². The number of rotatable bonds is 6.